The van der Waals surface area contributed by atoms with Gasteiger partial charge in [0.1, 0.15) is 34.5 Å². The fraction of sp³-hybridized carbons (Fsp3) is 0. The fourth-order valence-electron chi connectivity index (χ4n) is 1.72. The van der Waals surface area contributed by atoms with Crippen molar-refractivity contribution in [2.24, 2.45) is 4.99 Å². The van der Waals surface area contributed by atoms with Crippen LogP contribution in [0.4, 0.5) is 56.6 Å². The molecule has 0 aliphatic rings. The van der Waals surface area contributed by atoms with E-state index in [2.05, 4.69) is 33.1 Å². The lowest BCUT2D eigenvalue weighted by Gasteiger charge is -2.00. The van der Waals surface area contributed by atoms with E-state index in [0.717, 1.165) is 0 Å². The molecule has 0 heterocycles. The Morgan fingerprint density at radius 3 is 1.76 bits per heavy atom. The van der Waals surface area contributed by atoms with Crippen LogP contribution in [0.2, 0.25) is 0 Å². The third kappa shape index (κ3) is 7.77. The molecule has 3 rings (SSSR count). The number of benzene rings is 3. The van der Waals surface area contributed by atoms with E-state index >= 15 is 0 Å². The molecule has 0 saturated heterocycles. The first kappa shape index (κ1) is 24.6. The van der Waals surface area contributed by atoms with E-state index in [1.165, 1.54) is 0 Å². The Hall–Kier alpha value is -3.09. The largest absolute Gasteiger partial charge is 0.394 e. The monoisotopic (exact) mass is 563 g/mol. The first-order valence-corrected chi connectivity index (χ1v) is 9.05. The van der Waals surface area contributed by atoms with Crippen molar-refractivity contribution in [3.63, 3.8) is 0 Å². The standard InChI is InChI=1S/C7H2F3NS.C6H3BrF3N.C6H4F3N/c8-4-1-5(9)7(11-3-12)6(10)2-4;7-4-2(8)1-3(9)6(11)5(4)10;7-3-1-4(8)6(10)5(9)2-3/h1-2H;1H,11H2;1-2H,10H2/i1D;;1D. The van der Waals surface area contributed by atoms with Gasteiger partial charge in [0.2, 0.25) is 0 Å². The Morgan fingerprint density at radius 1 is 0.727 bits per heavy atom. The SMILES string of the molecule is Nc1c(F)cc(F)c(Br)c1F.[2H]c1c(F)cc(F)c(N)c1F.[2H]c1c(F)cc(F)c(N=C=S)c1F. The predicted molar refractivity (Wildman–Crippen MR) is 110 cm³/mol. The van der Waals surface area contributed by atoms with Crippen LogP contribution in [-0.2, 0) is 0 Å². The van der Waals surface area contributed by atoms with Crippen molar-refractivity contribution in [3.05, 3.63) is 87.1 Å². The van der Waals surface area contributed by atoms with E-state index in [1.807, 2.05) is 0 Å². The van der Waals surface area contributed by atoms with Crippen LogP contribution in [-0.4, -0.2) is 5.16 Å². The van der Waals surface area contributed by atoms with Crippen LogP contribution in [0.5, 0.6) is 0 Å². The highest BCUT2D eigenvalue weighted by atomic mass is 79.9. The van der Waals surface area contributed by atoms with Crippen molar-refractivity contribution >= 4 is 50.4 Å². The van der Waals surface area contributed by atoms with Gasteiger partial charge in [-0.3, -0.25) is 0 Å². The van der Waals surface area contributed by atoms with Crippen LogP contribution < -0.4 is 11.5 Å². The van der Waals surface area contributed by atoms with Gasteiger partial charge in [-0.15, -0.1) is 0 Å². The van der Waals surface area contributed by atoms with Gasteiger partial charge in [-0.1, -0.05) is 0 Å². The molecule has 0 radical (unpaired) electrons. The minimum absolute atomic E-state index is 0.372. The van der Waals surface area contributed by atoms with Crippen molar-refractivity contribution in [2.45, 2.75) is 0 Å². The minimum Gasteiger partial charge on any atom is -0.394 e. The number of nitrogen functional groups attached to an aromatic ring is 2. The van der Waals surface area contributed by atoms with Crippen molar-refractivity contribution in [1.29, 1.82) is 0 Å². The highest BCUT2D eigenvalue weighted by molar-refractivity contribution is 9.10. The Morgan fingerprint density at radius 2 is 1.21 bits per heavy atom. The van der Waals surface area contributed by atoms with E-state index < -0.39 is 86.0 Å². The van der Waals surface area contributed by atoms with Crippen LogP contribution in [0.25, 0.3) is 0 Å². The lowest BCUT2D eigenvalue weighted by molar-refractivity contribution is 0.541. The lowest BCUT2D eigenvalue weighted by Crippen LogP contribution is -1.98. The summed E-state index contributed by atoms with van der Waals surface area (Å²) < 4.78 is 126. The molecule has 0 aromatic heterocycles. The Bertz CT molecular complexity index is 1210. The van der Waals surface area contributed by atoms with Crippen molar-refractivity contribution in [3.8, 4) is 0 Å². The smallest absolute Gasteiger partial charge is 0.166 e. The summed E-state index contributed by atoms with van der Waals surface area (Å²) in [4.78, 5) is 3.04. The molecule has 0 unspecified atom stereocenters. The Labute approximate surface area is 196 Å². The van der Waals surface area contributed by atoms with Crippen LogP contribution in [0.1, 0.15) is 2.74 Å². The number of anilines is 2. The summed E-state index contributed by atoms with van der Waals surface area (Å²) in [7, 11) is 0. The summed E-state index contributed by atoms with van der Waals surface area (Å²) in [6.45, 7) is 0. The number of hydrogen-bond donors (Lipinski definition) is 2. The van der Waals surface area contributed by atoms with Gasteiger partial charge >= 0.3 is 0 Å². The molecule has 0 aliphatic heterocycles. The average molecular weight is 564 g/mol. The van der Waals surface area contributed by atoms with E-state index in [1.54, 1.807) is 5.16 Å². The molecule has 3 aromatic rings. The molecule has 0 atom stereocenters. The molecule has 0 aliphatic carbocycles. The number of isothiocyanates is 1. The molecule has 33 heavy (non-hydrogen) atoms. The third-order valence-electron chi connectivity index (χ3n) is 3.20. The Kier molecular flexibility index (Phi) is 9.10. The number of nitrogens with zero attached hydrogens (tertiary/aromatic N) is 1. The highest BCUT2D eigenvalue weighted by Crippen LogP contribution is 2.26. The van der Waals surface area contributed by atoms with Gasteiger partial charge in [0.25, 0.3) is 0 Å². The van der Waals surface area contributed by atoms with Gasteiger partial charge in [0.05, 0.1) is 12.4 Å². The van der Waals surface area contributed by atoms with E-state index in [0.29, 0.717) is 18.2 Å². The van der Waals surface area contributed by atoms with E-state index in [4.69, 9.17) is 14.2 Å². The number of rotatable bonds is 1. The second-order valence-electron chi connectivity index (χ2n) is 5.41. The number of thiocarbonyl (C=S) groups is 1. The number of hydrogen-bond acceptors (Lipinski definition) is 4. The van der Waals surface area contributed by atoms with Crippen LogP contribution in [0.15, 0.2) is 39.7 Å². The van der Waals surface area contributed by atoms with Gasteiger partial charge in [0, 0.05) is 30.3 Å². The Balaban J connectivity index is 0.000000264. The van der Waals surface area contributed by atoms with E-state index in [-0.39, 0.29) is 0 Å². The van der Waals surface area contributed by atoms with Gasteiger partial charge in [0.15, 0.2) is 34.9 Å². The molecule has 3 nitrogen and oxygen atoms in total. The second kappa shape index (κ2) is 12.2. The lowest BCUT2D eigenvalue weighted by atomic mass is 10.3. The normalized spacial score (nSPS) is 10.6. The first-order chi connectivity index (χ1) is 16.1. The molecular formula is C19H9BrF9N3S. The zero-order valence-electron chi connectivity index (χ0n) is 17.5. The number of nitrogens with two attached hydrogens (primary N) is 2. The van der Waals surface area contributed by atoms with Gasteiger partial charge < -0.3 is 11.5 Å². The second-order valence-corrected chi connectivity index (χ2v) is 6.38. The number of aliphatic imine (C=N–C) groups is 1. The maximum atomic E-state index is 12.9. The summed E-state index contributed by atoms with van der Waals surface area (Å²) in [6, 6.07) is -0.783. The highest BCUT2D eigenvalue weighted by Gasteiger charge is 2.14. The van der Waals surface area contributed by atoms with Gasteiger partial charge in [-0.25, -0.2) is 39.5 Å². The summed E-state index contributed by atoms with van der Waals surface area (Å²) in [5.41, 5.74) is 7.42. The van der Waals surface area contributed by atoms with Gasteiger partial charge in [-0.05, 0) is 28.1 Å². The summed E-state index contributed by atoms with van der Waals surface area (Å²) in [5, 5.41) is 1.73. The molecule has 0 spiro atoms. The molecular weight excluding hydrogens is 553 g/mol. The molecule has 0 amide bonds. The van der Waals surface area contributed by atoms with E-state index in [9.17, 15) is 39.5 Å². The zero-order chi connectivity index (χ0) is 27.2. The predicted octanol–water partition coefficient (Wildman–Crippen LogP) is 6.97. The van der Waals surface area contributed by atoms with Crippen LogP contribution in [0.3, 0.4) is 0 Å². The molecule has 14 heteroatoms. The van der Waals surface area contributed by atoms with Crippen molar-refractivity contribution < 1.29 is 42.3 Å². The zero-order valence-corrected chi connectivity index (χ0v) is 17.9. The third-order valence-corrected chi connectivity index (χ3v) is 4.02. The summed E-state index contributed by atoms with van der Waals surface area (Å²) >= 11 is 6.69. The quantitative estimate of drug-likeness (QED) is 0.0838. The van der Waals surface area contributed by atoms with Crippen LogP contribution >= 0.6 is 28.1 Å². The summed E-state index contributed by atoms with van der Waals surface area (Å²) in [6.07, 6.45) is 0. The number of halogens is 10. The molecule has 0 fully saturated rings. The molecule has 3 aromatic carbocycles. The van der Waals surface area contributed by atoms with Crippen LogP contribution in [0, 0.1) is 52.4 Å². The molecule has 0 bridgehead atoms. The molecule has 4 N–H and O–H groups in total. The maximum Gasteiger partial charge on any atom is 0.166 e. The molecule has 176 valence electrons. The molecule has 0 saturated carbocycles. The fourth-order valence-corrected chi connectivity index (χ4v) is 2.13. The average Bonchev–Trinajstić information content (AvgIpc) is 2.81. The first-order valence-electron chi connectivity index (χ1n) is 8.85. The van der Waals surface area contributed by atoms with Crippen molar-refractivity contribution in [2.75, 3.05) is 11.5 Å². The van der Waals surface area contributed by atoms with Gasteiger partial charge in [-0.2, -0.15) is 4.99 Å². The minimum atomic E-state index is -1.38. The summed E-state index contributed by atoms with van der Waals surface area (Å²) in [5.74, 6) is -10.9. The maximum absolute atomic E-state index is 12.9. The van der Waals surface area contributed by atoms with Crippen molar-refractivity contribution in [1.82, 2.24) is 0 Å². The topological polar surface area (TPSA) is 64.4 Å².